The molecule has 1 N–H and O–H groups in total. The highest BCUT2D eigenvalue weighted by atomic mass is 32.2. The molecular weight excluding hydrogens is 207 g/mol. The summed E-state index contributed by atoms with van der Waals surface area (Å²) in [5.74, 6) is -0.550. The fourth-order valence-electron chi connectivity index (χ4n) is 0.967. The molecule has 0 atom stereocenters. The highest BCUT2D eigenvalue weighted by molar-refractivity contribution is 7.92. The van der Waals surface area contributed by atoms with E-state index in [4.69, 9.17) is 0 Å². The first-order valence-electron chi connectivity index (χ1n) is 4.14. The van der Waals surface area contributed by atoms with E-state index in [0.29, 0.717) is 6.42 Å². The lowest BCUT2D eigenvalue weighted by Crippen LogP contribution is -2.16. The SMILES string of the molecule is CCCS(=O)(=O)Nc1cncc(F)c1. The van der Waals surface area contributed by atoms with Crippen molar-refractivity contribution >= 4 is 15.7 Å². The first kappa shape index (κ1) is 10.9. The van der Waals surface area contributed by atoms with Crippen molar-refractivity contribution in [2.75, 3.05) is 10.5 Å². The molecule has 0 aromatic carbocycles. The largest absolute Gasteiger partial charge is 0.282 e. The summed E-state index contributed by atoms with van der Waals surface area (Å²) in [5.41, 5.74) is 0.151. The van der Waals surface area contributed by atoms with Crippen molar-refractivity contribution in [3.63, 3.8) is 0 Å². The predicted molar refractivity (Wildman–Crippen MR) is 51.9 cm³/mol. The van der Waals surface area contributed by atoms with E-state index in [1.54, 1.807) is 6.92 Å². The number of aromatic nitrogens is 1. The van der Waals surface area contributed by atoms with Crippen LogP contribution in [0.1, 0.15) is 13.3 Å². The lowest BCUT2D eigenvalue weighted by atomic mass is 10.4. The second kappa shape index (κ2) is 4.36. The van der Waals surface area contributed by atoms with E-state index < -0.39 is 15.8 Å². The van der Waals surface area contributed by atoms with E-state index in [2.05, 4.69) is 9.71 Å². The molecule has 0 radical (unpaired) electrons. The Hall–Kier alpha value is -1.17. The molecule has 0 amide bonds. The Bertz CT molecular complexity index is 406. The average molecular weight is 218 g/mol. The van der Waals surface area contributed by atoms with Crippen molar-refractivity contribution in [1.82, 2.24) is 4.98 Å². The summed E-state index contributed by atoms with van der Waals surface area (Å²) in [6, 6.07) is 1.08. The molecule has 1 aromatic rings. The molecule has 0 aliphatic rings. The van der Waals surface area contributed by atoms with Crippen molar-refractivity contribution in [2.24, 2.45) is 0 Å². The molecule has 0 aliphatic heterocycles. The summed E-state index contributed by atoms with van der Waals surface area (Å²) in [4.78, 5) is 3.53. The molecule has 0 saturated heterocycles. The summed E-state index contributed by atoms with van der Waals surface area (Å²) in [5, 5.41) is 0. The molecule has 0 fully saturated rings. The molecule has 0 bridgehead atoms. The van der Waals surface area contributed by atoms with Gasteiger partial charge >= 0.3 is 0 Å². The normalized spacial score (nSPS) is 11.3. The minimum atomic E-state index is -3.36. The molecular formula is C8H11FN2O2S. The van der Waals surface area contributed by atoms with Gasteiger partial charge in [-0.3, -0.25) is 9.71 Å². The topological polar surface area (TPSA) is 59.1 Å². The first-order chi connectivity index (χ1) is 6.53. The summed E-state index contributed by atoms with van der Waals surface area (Å²) in [7, 11) is -3.36. The zero-order valence-corrected chi connectivity index (χ0v) is 8.51. The minimum Gasteiger partial charge on any atom is -0.282 e. The lowest BCUT2D eigenvalue weighted by molar-refractivity contribution is 0.599. The summed E-state index contributed by atoms with van der Waals surface area (Å²) < 4.78 is 37.4. The fourth-order valence-corrected chi connectivity index (χ4v) is 2.08. The van der Waals surface area contributed by atoms with Gasteiger partial charge in [-0.25, -0.2) is 12.8 Å². The fraction of sp³-hybridized carbons (Fsp3) is 0.375. The third kappa shape index (κ3) is 3.29. The molecule has 0 spiro atoms. The molecule has 0 saturated carbocycles. The average Bonchev–Trinajstić information content (AvgIpc) is 2.02. The molecule has 0 aliphatic carbocycles. The maximum atomic E-state index is 12.6. The van der Waals surface area contributed by atoms with Crippen LogP contribution in [0, 0.1) is 5.82 Å². The second-order valence-electron chi connectivity index (χ2n) is 2.81. The Morgan fingerprint density at radius 2 is 2.21 bits per heavy atom. The Kier molecular flexibility index (Phi) is 3.40. The Morgan fingerprint density at radius 1 is 1.50 bits per heavy atom. The van der Waals surface area contributed by atoms with Gasteiger partial charge in [0.15, 0.2) is 0 Å². The van der Waals surface area contributed by atoms with Gasteiger partial charge in [0.05, 0.1) is 23.8 Å². The number of hydrogen-bond donors (Lipinski definition) is 1. The monoisotopic (exact) mass is 218 g/mol. The Labute approximate surface area is 82.2 Å². The van der Waals surface area contributed by atoms with Gasteiger partial charge in [-0.15, -0.1) is 0 Å². The summed E-state index contributed by atoms with van der Waals surface area (Å²) in [6.07, 6.45) is 2.78. The third-order valence-electron chi connectivity index (χ3n) is 1.45. The van der Waals surface area contributed by atoms with Crippen LogP contribution >= 0.6 is 0 Å². The molecule has 4 nitrogen and oxygen atoms in total. The number of halogens is 1. The molecule has 1 rings (SSSR count). The van der Waals surface area contributed by atoms with E-state index in [1.165, 1.54) is 6.20 Å². The van der Waals surface area contributed by atoms with Crippen molar-refractivity contribution in [3.8, 4) is 0 Å². The minimum absolute atomic E-state index is 0.0174. The van der Waals surface area contributed by atoms with Crippen LogP contribution < -0.4 is 4.72 Å². The van der Waals surface area contributed by atoms with Gasteiger partial charge in [0, 0.05) is 6.07 Å². The number of nitrogens with zero attached hydrogens (tertiary/aromatic N) is 1. The standard InChI is InChI=1S/C8H11FN2O2S/c1-2-3-14(12,13)11-8-4-7(9)5-10-6-8/h4-6,11H,2-3H2,1H3. The molecule has 1 aromatic heterocycles. The van der Waals surface area contributed by atoms with Gasteiger partial charge in [-0.1, -0.05) is 6.92 Å². The van der Waals surface area contributed by atoms with Gasteiger partial charge in [0.1, 0.15) is 5.82 Å². The van der Waals surface area contributed by atoms with E-state index in [0.717, 1.165) is 12.3 Å². The highest BCUT2D eigenvalue weighted by Gasteiger charge is 2.08. The second-order valence-corrected chi connectivity index (χ2v) is 4.65. The van der Waals surface area contributed by atoms with Crippen LogP contribution in [0.2, 0.25) is 0 Å². The van der Waals surface area contributed by atoms with Crippen LogP contribution in [0.25, 0.3) is 0 Å². The predicted octanol–water partition coefficient (Wildman–Crippen LogP) is 1.37. The van der Waals surface area contributed by atoms with E-state index in [-0.39, 0.29) is 11.4 Å². The Balaban J connectivity index is 2.79. The Morgan fingerprint density at radius 3 is 2.79 bits per heavy atom. The summed E-state index contributed by atoms with van der Waals surface area (Å²) in [6.45, 7) is 1.75. The van der Waals surface area contributed by atoms with Crippen LogP contribution in [-0.4, -0.2) is 19.2 Å². The van der Waals surface area contributed by atoms with Crippen LogP contribution in [0.4, 0.5) is 10.1 Å². The van der Waals surface area contributed by atoms with E-state index >= 15 is 0 Å². The molecule has 6 heteroatoms. The van der Waals surface area contributed by atoms with Crippen LogP contribution in [0.5, 0.6) is 0 Å². The van der Waals surface area contributed by atoms with Crippen molar-refractivity contribution in [1.29, 1.82) is 0 Å². The van der Waals surface area contributed by atoms with E-state index in [9.17, 15) is 12.8 Å². The van der Waals surface area contributed by atoms with Crippen LogP contribution in [0.3, 0.4) is 0 Å². The zero-order chi connectivity index (χ0) is 10.6. The smallest absolute Gasteiger partial charge is 0.232 e. The molecule has 14 heavy (non-hydrogen) atoms. The van der Waals surface area contributed by atoms with Crippen molar-refractivity contribution in [2.45, 2.75) is 13.3 Å². The van der Waals surface area contributed by atoms with Crippen molar-refractivity contribution in [3.05, 3.63) is 24.3 Å². The zero-order valence-electron chi connectivity index (χ0n) is 7.70. The number of anilines is 1. The maximum Gasteiger partial charge on any atom is 0.232 e. The third-order valence-corrected chi connectivity index (χ3v) is 2.94. The highest BCUT2D eigenvalue weighted by Crippen LogP contribution is 2.09. The molecule has 0 unspecified atom stereocenters. The van der Waals surface area contributed by atoms with Gasteiger partial charge in [0.2, 0.25) is 10.0 Å². The van der Waals surface area contributed by atoms with Gasteiger partial charge in [0.25, 0.3) is 0 Å². The van der Waals surface area contributed by atoms with Crippen LogP contribution in [-0.2, 0) is 10.0 Å². The number of sulfonamides is 1. The van der Waals surface area contributed by atoms with E-state index in [1.807, 2.05) is 0 Å². The molecule has 78 valence electrons. The maximum absolute atomic E-state index is 12.6. The number of hydrogen-bond acceptors (Lipinski definition) is 3. The van der Waals surface area contributed by atoms with Gasteiger partial charge in [-0.05, 0) is 6.42 Å². The van der Waals surface area contributed by atoms with Crippen LogP contribution in [0.15, 0.2) is 18.5 Å². The van der Waals surface area contributed by atoms with Gasteiger partial charge in [-0.2, -0.15) is 0 Å². The molecule has 1 heterocycles. The quantitative estimate of drug-likeness (QED) is 0.830. The first-order valence-corrected chi connectivity index (χ1v) is 5.80. The lowest BCUT2D eigenvalue weighted by Gasteiger charge is -2.05. The van der Waals surface area contributed by atoms with Gasteiger partial charge < -0.3 is 0 Å². The number of nitrogens with one attached hydrogen (secondary N) is 1. The number of rotatable bonds is 4. The summed E-state index contributed by atoms with van der Waals surface area (Å²) >= 11 is 0. The number of pyridine rings is 1. The van der Waals surface area contributed by atoms with Crippen molar-refractivity contribution < 1.29 is 12.8 Å².